The van der Waals surface area contributed by atoms with Gasteiger partial charge in [0.2, 0.25) is 10.9 Å². The summed E-state index contributed by atoms with van der Waals surface area (Å²) >= 11 is 5.58. The average Bonchev–Trinajstić information content (AvgIpc) is 2.21. The van der Waals surface area contributed by atoms with Gasteiger partial charge in [-0.2, -0.15) is 0 Å². The van der Waals surface area contributed by atoms with Crippen LogP contribution in [0.4, 0.5) is 0 Å². The molecular formula is C10H5ClO3. The van der Waals surface area contributed by atoms with Crippen LogP contribution in [0.5, 0.6) is 5.75 Å². The van der Waals surface area contributed by atoms with Crippen molar-refractivity contribution in [3.8, 4) is 16.9 Å². The lowest BCUT2D eigenvalue weighted by molar-refractivity contribution is 0.475. The molecule has 70 valence electrons. The predicted octanol–water partition coefficient (Wildman–Crippen LogP) is 1.31. The Morgan fingerprint density at radius 2 is 1.57 bits per heavy atom. The fraction of sp³-hybridized carbons (Fsp3) is 0. The zero-order valence-electron chi connectivity index (χ0n) is 6.95. The minimum atomic E-state index is -0.644. The molecule has 2 aromatic rings. The summed E-state index contributed by atoms with van der Waals surface area (Å²) < 4.78 is 0. The van der Waals surface area contributed by atoms with Crippen molar-refractivity contribution in [1.82, 2.24) is 0 Å². The maximum Gasteiger partial charge on any atom is 0.245 e. The zero-order chi connectivity index (χ0) is 10.3. The molecule has 0 saturated carbocycles. The summed E-state index contributed by atoms with van der Waals surface area (Å²) in [6.07, 6.45) is 0. The molecule has 0 unspecified atom stereocenters. The molecule has 0 bridgehead atoms. The quantitative estimate of drug-likeness (QED) is 0.719. The number of hydrogen-bond donors (Lipinski definition) is 1. The molecule has 2 rings (SSSR count). The minimum absolute atomic E-state index is 0.0271. The van der Waals surface area contributed by atoms with Gasteiger partial charge in [0.25, 0.3) is 0 Å². The van der Waals surface area contributed by atoms with E-state index in [2.05, 4.69) is 0 Å². The first-order valence-corrected chi connectivity index (χ1v) is 4.27. The molecule has 0 spiro atoms. The van der Waals surface area contributed by atoms with Crippen LogP contribution in [0.3, 0.4) is 0 Å². The summed E-state index contributed by atoms with van der Waals surface area (Å²) in [4.78, 5) is 21.9. The number of phenols is 1. The van der Waals surface area contributed by atoms with E-state index in [4.69, 9.17) is 16.7 Å². The fourth-order valence-corrected chi connectivity index (χ4v) is 1.53. The normalized spacial score (nSPS) is 10.6. The lowest BCUT2D eigenvalue weighted by Gasteiger charge is -2.04. The highest BCUT2D eigenvalue weighted by Gasteiger charge is 2.19. The van der Waals surface area contributed by atoms with E-state index in [9.17, 15) is 9.59 Å². The van der Waals surface area contributed by atoms with E-state index >= 15 is 0 Å². The van der Waals surface area contributed by atoms with Gasteiger partial charge in [0, 0.05) is 0 Å². The van der Waals surface area contributed by atoms with Gasteiger partial charge in [0.1, 0.15) is 10.8 Å². The van der Waals surface area contributed by atoms with Gasteiger partial charge in [-0.1, -0.05) is 23.7 Å². The Balaban J connectivity index is 2.58. The first kappa shape index (κ1) is 8.97. The van der Waals surface area contributed by atoms with Gasteiger partial charge in [-0.25, -0.2) is 0 Å². The molecule has 1 N–H and O–H groups in total. The second-order valence-corrected chi connectivity index (χ2v) is 3.27. The number of phenolic OH excluding ortho intramolecular Hbond substituents is 1. The first-order chi connectivity index (χ1) is 6.61. The van der Waals surface area contributed by atoms with Gasteiger partial charge in [-0.05, 0) is 17.7 Å². The monoisotopic (exact) mass is 208 g/mol. The molecule has 0 amide bonds. The van der Waals surface area contributed by atoms with Crippen LogP contribution in [0.2, 0.25) is 5.02 Å². The van der Waals surface area contributed by atoms with Crippen LogP contribution in [-0.2, 0) is 0 Å². The molecular weight excluding hydrogens is 204 g/mol. The molecule has 0 heterocycles. The van der Waals surface area contributed by atoms with Crippen LogP contribution in [0.25, 0.3) is 11.1 Å². The second kappa shape index (κ2) is 2.96. The highest BCUT2D eigenvalue weighted by Crippen LogP contribution is 2.24. The largest absolute Gasteiger partial charge is 0.508 e. The summed E-state index contributed by atoms with van der Waals surface area (Å²) in [5.41, 5.74) is -0.426. The van der Waals surface area contributed by atoms with Crippen molar-refractivity contribution in [2.45, 2.75) is 0 Å². The highest BCUT2D eigenvalue weighted by atomic mass is 35.5. The van der Waals surface area contributed by atoms with E-state index in [0.29, 0.717) is 5.56 Å². The Morgan fingerprint density at radius 3 is 2.07 bits per heavy atom. The first-order valence-electron chi connectivity index (χ1n) is 3.89. The Bertz CT molecular complexity index is 547. The zero-order valence-corrected chi connectivity index (χ0v) is 7.71. The Morgan fingerprint density at radius 1 is 1.00 bits per heavy atom. The number of hydrogen-bond acceptors (Lipinski definition) is 3. The Kier molecular flexibility index (Phi) is 1.89. The standard InChI is InChI=1S/C10H5ClO3/c11-8-7(9(13)10(8)14)5-1-3-6(12)4-2-5/h1-4,12H. The summed E-state index contributed by atoms with van der Waals surface area (Å²) in [6, 6.07) is 5.94. The molecule has 0 fully saturated rings. The van der Waals surface area contributed by atoms with Crippen LogP contribution in [0.15, 0.2) is 33.9 Å². The summed E-state index contributed by atoms with van der Waals surface area (Å²) in [7, 11) is 0. The topological polar surface area (TPSA) is 54.4 Å². The summed E-state index contributed by atoms with van der Waals surface area (Å²) in [5, 5.41) is 8.98. The highest BCUT2D eigenvalue weighted by molar-refractivity contribution is 6.34. The van der Waals surface area contributed by atoms with Gasteiger partial charge in [-0.15, -0.1) is 0 Å². The third-order valence-corrected chi connectivity index (χ3v) is 2.37. The van der Waals surface area contributed by atoms with Gasteiger partial charge < -0.3 is 5.11 Å². The van der Waals surface area contributed by atoms with Crippen LogP contribution in [-0.4, -0.2) is 5.11 Å². The van der Waals surface area contributed by atoms with Crippen molar-refractivity contribution >= 4 is 11.6 Å². The molecule has 0 aliphatic rings. The molecule has 3 nitrogen and oxygen atoms in total. The molecule has 0 aromatic heterocycles. The van der Waals surface area contributed by atoms with E-state index in [1.54, 1.807) is 0 Å². The summed E-state index contributed by atoms with van der Waals surface area (Å²) in [6.45, 7) is 0. The van der Waals surface area contributed by atoms with Gasteiger partial charge in [-0.3, -0.25) is 9.59 Å². The lowest BCUT2D eigenvalue weighted by Crippen LogP contribution is -2.33. The van der Waals surface area contributed by atoms with Gasteiger partial charge in [0.05, 0.1) is 5.56 Å². The molecule has 0 atom stereocenters. The van der Waals surface area contributed by atoms with Crippen molar-refractivity contribution < 1.29 is 5.11 Å². The SMILES string of the molecule is O=c1c(Cl)c(-c2ccc(O)cc2)c1=O. The van der Waals surface area contributed by atoms with E-state index in [1.165, 1.54) is 24.3 Å². The van der Waals surface area contributed by atoms with Crippen molar-refractivity contribution in [3.05, 3.63) is 49.7 Å². The lowest BCUT2D eigenvalue weighted by atomic mass is 10.0. The third-order valence-electron chi connectivity index (χ3n) is 2.01. The van der Waals surface area contributed by atoms with E-state index in [-0.39, 0.29) is 16.3 Å². The molecule has 2 aromatic carbocycles. The van der Waals surface area contributed by atoms with E-state index < -0.39 is 10.9 Å². The van der Waals surface area contributed by atoms with Crippen molar-refractivity contribution in [2.24, 2.45) is 0 Å². The molecule has 0 aliphatic carbocycles. The maximum absolute atomic E-state index is 11.1. The average molecular weight is 209 g/mol. The van der Waals surface area contributed by atoms with E-state index in [1.807, 2.05) is 0 Å². The van der Waals surface area contributed by atoms with Crippen LogP contribution < -0.4 is 10.9 Å². The number of halogens is 1. The summed E-state index contributed by atoms with van der Waals surface area (Å²) in [5.74, 6) is 0.101. The van der Waals surface area contributed by atoms with Gasteiger partial charge in [0.15, 0.2) is 0 Å². The minimum Gasteiger partial charge on any atom is -0.508 e. The number of aromatic hydroxyl groups is 1. The van der Waals surface area contributed by atoms with Crippen LogP contribution in [0.1, 0.15) is 0 Å². The van der Waals surface area contributed by atoms with Crippen molar-refractivity contribution in [2.75, 3.05) is 0 Å². The Hall–Kier alpha value is -1.61. The maximum atomic E-state index is 11.1. The Labute approximate surface area is 83.9 Å². The van der Waals surface area contributed by atoms with Crippen molar-refractivity contribution in [3.63, 3.8) is 0 Å². The van der Waals surface area contributed by atoms with Gasteiger partial charge >= 0.3 is 0 Å². The molecule has 4 heteroatoms. The number of rotatable bonds is 1. The molecule has 0 saturated heterocycles. The molecule has 0 aliphatic heterocycles. The smallest absolute Gasteiger partial charge is 0.245 e. The van der Waals surface area contributed by atoms with E-state index in [0.717, 1.165) is 0 Å². The fourth-order valence-electron chi connectivity index (χ4n) is 1.25. The predicted molar refractivity (Wildman–Crippen MR) is 53.5 cm³/mol. The molecule has 14 heavy (non-hydrogen) atoms. The third kappa shape index (κ3) is 1.14. The second-order valence-electron chi connectivity index (χ2n) is 2.89. The molecule has 0 radical (unpaired) electrons. The number of benzene rings is 1. The van der Waals surface area contributed by atoms with Crippen LogP contribution >= 0.6 is 11.6 Å². The van der Waals surface area contributed by atoms with Crippen LogP contribution in [0, 0.1) is 0 Å². The van der Waals surface area contributed by atoms with Crippen molar-refractivity contribution in [1.29, 1.82) is 0 Å².